The molecule has 0 unspecified atom stereocenters. The van der Waals surface area contributed by atoms with E-state index in [-0.39, 0.29) is 24.2 Å². The smallest absolute Gasteiger partial charge is 0.325 e. The molecule has 0 fully saturated rings. The lowest BCUT2D eigenvalue weighted by Crippen LogP contribution is -2.66. The van der Waals surface area contributed by atoms with Crippen LogP contribution in [0.5, 0.6) is 0 Å². The molecule has 0 spiro atoms. The van der Waals surface area contributed by atoms with Gasteiger partial charge in [-0.1, -0.05) is 81.4 Å². The molecule has 2 aromatic carbocycles. The van der Waals surface area contributed by atoms with Crippen LogP contribution in [0.15, 0.2) is 72.6 Å². The average molecular weight is 423 g/mol. The van der Waals surface area contributed by atoms with Gasteiger partial charge < -0.3 is 14.2 Å². The number of allylic oxidation sites excluding steroid dienone is 1. The topological polar surface area (TPSA) is 66.8 Å². The second-order valence-corrected chi connectivity index (χ2v) is 13.9. The SMILES string of the molecule is CC(C)(C)[Si](OCC(F)=CCCP(=O)(O)O)(c1ccccc1)c1ccccc1. The van der Waals surface area contributed by atoms with Crippen LogP contribution in [0.25, 0.3) is 0 Å². The molecule has 7 heteroatoms. The largest absolute Gasteiger partial charge is 0.401 e. The molecule has 0 atom stereocenters. The number of halogens is 1. The molecular weight excluding hydrogens is 394 g/mol. The van der Waals surface area contributed by atoms with Gasteiger partial charge in [-0.3, -0.25) is 4.57 Å². The highest BCUT2D eigenvalue weighted by Gasteiger charge is 2.50. The van der Waals surface area contributed by atoms with E-state index in [1.54, 1.807) is 0 Å². The summed E-state index contributed by atoms with van der Waals surface area (Å²) in [6, 6.07) is 19.8. The second kappa shape index (κ2) is 9.29. The summed E-state index contributed by atoms with van der Waals surface area (Å²) in [5, 5.41) is 1.84. The summed E-state index contributed by atoms with van der Waals surface area (Å²) in [7, 11) is -6.96. The molecule has 2 N–H and O–H groups in total. The summed E-state index contributed by atoms with van der Waals surface area (Å²) in [5.41, 5.74) is 0. The van der Waals surface area contributed by atoms with Gasteiger partial charge >= 0.3 is 7.60 Å². The standard InChI is InChI=1S/C21H28FO4PSi/c1-21(2,3)28(19-12-6-4-7-13-19,20-14-8-5-9-15-20)26-17-18(22)11-10-16-27(23,24)25/h4-9,11-15H,10,16-17H2,1-3H3,(H2,23,24,25). The highest BCUT2D eigenvalue weighted by atomic mass is 31.2. The molecule has 0 saturated carbocycles. The van der Waals surface area contributed by atoms with Crippen LogP contribution in [0.1, 0.15) is 27.2 Å². The van der Waals surface area contributed by atoms with E-state index in [1.807, 2.05) is 60.7 Å². The van der Waals surface area contributed by atoms with Crippen molar-refractivity contribution in [2.75, 3.05) is 12.8 Å². The predicted octanol–water partition coefficient (Wildman–Crippen LogP) is 3.98. The quantitative estimate of drug-likeness (QED) is 0.499. The number of hydrogen-bond donors (Lipinski definition) is 2. The van der Waals surface area contributed by atoms with Crippen LogP contribution < -0.4 is 10.4 Å². The third kappa shape index (κ3) is 5.72. The van der Waals surface area contributed by atoms with Crippen LogP contribution in [0, 0.1) is 0 Å². The first-order valence-corrected chi connectivity index (χ1v) is 12.9. The van der Waals surface area contributed by atoms with Crippen molar-refractivity contribution < 1.29 is 23.2 Å². The Morgan fingerprint density at radius 1 is 1.04 bits per heavy atom. The fourth-order valence-corrected chi connectivity index (χ4v) is 8.36. The fourth-order valence-electron chi connectivity index (χ4n) is 3.39. The van der Waals surface area contributed by atoms with Gasteiger partial charge in [0.05, 0.1) is 12.8 Å². The van der Waals surface area contributed by atoms with Gasteiger partial charge in [0.2, 0.25) is 0 Å². The van der Waals surface area contributed by atoms with E-state index in [1.165, 1.54) is 6.08 Å². The zero-order valence-corrected chi connectivity index (χ0v) is 18.4. The molecule has 2 rings (SSSR count). The first kappa shape index (κ1) is 22.7. The van der Waals surface area contributed by atoms with Crippen molar-refractivity contribution in [3.8, 4) is 0 Å². The summed E-state index contributed by atoms with van der Waals surface area (Å²) in [5.74, 6) is -0.513. The van der Waals surface area contributed by atoms with Crippen LogP contribution >= 0.6 is 7.60 Å². The molecule has 0 bridgehead atoms. The van der Waals surface area contributed by atoms with Gasteiger partial charge in [0.1, 0.15) is 5.83 Å². The van der Waals surface area contributed by atoms with Crippen LogP contribution in [0.4, 0.5) is 4.39 Å². The summed E-state index contributed by atoms with van der Waals surface area (Å²) in [6.45, 7) is 6.09. The van der Waals surface area contributed by atoms with Gasteiger partial charge in [0, 0.05) is 0 Å². The second-order valence-electron chi connectivity index (χ2n) is 7.78. The Hall–Kier alpha value is -1.56. The Morgan fingerprint density at radius 3 is 1.89 bits per heavy atom. The molecule has 4 nitrogen and oxygen atoms in total. The Labute approximate surface area is 167 Å². The fraction of sp³-hybridized carbons (Fsp3) is 0.333. The Kier molecular flexibility index (Phi) is 7.54. The van der Waals surface area contributed by atoms with E-state index in [0.29, 0.717) is 0 Å². The van der Waals surface area contributed by atoms with E-state index in [2.05, 4.69) is 20.8 Å². The maximum Gasteiger partial charge on any atom is 0.325 e. The van der Waals surface area contributed by atoms with Gasteiger partial charge in [-0.2, -0.15) is 0 Å². The number of rotatable bonds is 8. The summed E-state index contributed by atoms with van der Waals surface area (Å²) in [4.78, 5) is 17.9. The van der Waals surface area contributed by atoms with Crippen LogP contribution in [-0.4, -0.2) is 30.9 Å². The Balaban J connectivity index is 2.39. The van der Waals surface area contributed by atoms with Crippen molar-refractivity contribution in [2.24, 2.45) is 0 Å². The summed E-state index contributed by atoms with van der Waals surface area (Å²) in [6.07, 6.45) is 0.802. The molecule has 0 aliphatic carbocycles. The zero-order chi connectivity index (χ0) is 20.8. The molecule has 0 heterocycles. The van der Waals surface area contributed by atoms with E-state index in [9.17, 15) is 8.96 Å². The molecule has 0 aliphatic rings. The van der Waals surface area contributed by atoms with Gasteiger partial charge in [0.25, 0.3) is 8.32 Å². The molecule has 0 aliphatic heterocycles. The molecule has 0 aromatic heterocycles. The lowest BCUT2D eigenvalue weighted by Gasteiger charge is -2.42. The third-order valence-corrected chi connectivity index (χ3v) is 10.5. The minimum absolute atomic E-state index is 0.0276. The molecule has 2 aromatic rings. The van der Waals surface area contributed by atoms with Gasteiger partial charge in [-0.25, -0.2) is 4.39 Å². The van der Waals surface area contributed by atoms with Crippen molar-refractivity contribution in [1.29, 1.82) is 0 Å². The highest BCUT2D eigenvalue weighted by molar-refractivity contribution is 7.51. The molecule has 0 radical (unpaired) electrons. The lowest BCUT2D eigenvalue weighted by atomic mass is 10.2. The maximum atomic E-state index is 14.4. The van der Waals surface area contributed by atoms with Crippen molar-refractivity contribution in [3.05, 3.63) is 72.6 Å². The summed E-state index contributed by atoms with van der Waals surface area (Å²) >= 11 is 0. The summed E-state index contributed by atoms with van der Waals surface area (Å²) < 4.78 is 31.8. The Bertz CT molecular complexity index is 789. The molecule has 152 valence electrons. The van der Waals surface area contributed by atoms with Crippen molar-refractivity contribution in [2.45, 2.75) is 32.2 Å². The van der Waals surface area contributed by atoms with Gasteiger partial charge in [0.15, 0.2) is 0 Å². The molecule has 0 saturated heterocycles. The van der Waals surface area contributed by atoms with E-state index < -0.39 is 21.7 Å². The van der Waals surface area contributed by atoms with Crippen molar-refractivity contribution in [3.63, 3.8) is 0 Å². The van der Waals surface area contributed by atoms with Crippen molar-refractivity contribution >= 4 is 26.3 Å². The minimum atomic E-state index is -4.14. The number of hydrogen-bond acceptors (Lipinski definition) is 2. The number of benzene rings is 2. The zero-order valence-electron chi connectivity index (χ0n) is 16.5. The highest BCUT2D eigenvalue weighted by Crippen LogP contribution is 2.37. The van der Waals surface area contributed by atoms with E-state index in [4.69, 9.17) is 14.2 Å². The maximum absolute atomic E-state index is 14.4. The van der Waals surface area contributed by atoms with Gasteiger partial charge in [-0.05, 0) is 27.9 Å². The normalized spacial score (nSPS) is 13.6. The van der Waals surface area contributed by atoms with Crippen molar-refractivity contribution in [1.82, 2.24) is 0 Å². The lowest BCUT2D eigenvalue weighted by molar-refractivity contribution is 0.299. The molecule has 28 heavy (non-hydrogen) atoms. The third-order valence-electron chi connectivity index (χ3n) is 4.63. The molecule has 0 amide bonds. The minimum Gasteiger partial charge on any atom is -0.401 e. The predicted molar refractivity (Wildman–Crippen MR) is 114 cm³/mol. The molecular formula is C21H28FO4PSi. The van der Waals surface area contributed by atoms with E-state index >= 15 is 0 Å². The van der Waals surface area contributed by atoms with Gasteiger partial charge in [-0.15, -0.1) is 0 Å². The van der Waals surface area contributed by atoms with Crippen LogP contribution in [0.3, 0.4) is 0 Å². The average Bonchev–Trinajstić information content (AvgIpc) is 2.62. The Morgan fingerprint density at radius 2 is 1.50 bits per heavy atom. The first-order valence-electron chi connectivity index (χ1n) is 9.20. The van der Waals surface area contributed by atoms with E-state index in [0.717, 1.165) is 10.4 Å². The van der Waals surface area contributed by atoms with Crippen LogP contribution in [0.2, 0.25) is 5.04 Å². The monoisotopic (exact) mass is 422 g/mol. The first-order chi connectivity index (χ1) is 13.1. The van der Waals surface area contributed by atoms with Crippen LogP contribution in [-0.2, 0) is 8.99 Å².